The number of benzene rings is 2. The first-order valence-corrected chi connectivity index (χ1v) is 8.36. The first-order valence-electron chi connectivity index (χ1n) is 8.36. The second kappa shape index (κ2) is 10.8. The summed E-state index contributed by atoms with van der Waals surface area (Å²) in [5.41, 5.74) is 6.08. The number of hydrazone groups is 1. The molecule has 5 nitrogen and oxygen atoms in total. The molecule has 2 aromatic carbocycles. The average Bonchev–Trinajstić information content (AvgIpc) is 2.71. The van der Waals surface area contributed by atoms with Gasteiger partial charge in [0.25, 0.3) is 0 Å². The molecule has 0 saturated heterocycles. The number of anilines is 1. The van der Waals surface area contributed by atoms with Crippen molar-refractivity contribution >= 4 is 24.3 Å². The van der Waals surface area contributed by atoms with Crippen molar-refractivity contribution in [3.8, 4) is 11.5 Å². The Hall–Kier alpha value is -3.05. The van der Waals surface area contributed by atoms with Crippen molar-refractivity contribution in [1.82, 2.24) is 4.98 Å². The number of halogens is 1. The molecule has 0 saturated carbocycles. The summed E-state index contributed by atoms with van der Waals surface area (Å²) >= 11 is 0. The molecule has 0 bridgehead atoms. The van der Waals surface area contributed by atoms with Gasteiger partial charge in [-0.2, -0.15) is 5.10 Å². The van der Waals surface area contributed by atoms with E-state index in [9.17, 15) is 0 Å². The molecule has 0 amide bonds. The Morgan fingerprint density at radius 1 is 0.963 bits per heavy atom. The maximum absolute atomic E-state index is 5.88. The van der Waals surface area contributed by atoms with Crippen LogP contribution in [0.3, 0.4) is 0 Å². The van der Waals surface area contributed by atoms with Gasteiger partial charge in [0.1, 0.15) is 6.61 Å². The average molecular weight is 384 g/mol. The van der Waals surface area contributed by atoms with E-state index in [0.29, 0.717) is 18.8 Å². The second-order valence-corrected chi connectivity index (χ2v) is 5.62. The Balaban J connectivity index is 0.00000261. The minimum absolute atomic E-state index is 0. The number of rotatable bonds is 8. The third-order valence-corrected chi connectivity index (χ3v) is 3.76. The molecule has 0 spiro atoms. The zero-order valence-corrected chi connectivity index (χ0v) is 15.9. The molecular formula is C21H22ClN3O2. The molecule has 6 heteroatoms. The zero-order valence-electron chi connectivity index (χ0n) is 15.0. The number of nitrogens with one attached hydrogen (secondary N) is 1. The van der Waals surface area contributed by atoms with Gasteiger partial charge in [-0.05, 0) is 35.4 Å². The standard InChI is InChI=1S/C21H21N3O2.ClH/c1-25-21-15-17(9-14-23-24-19-10-12-22-13-11-19)7-8-20(21)26-16-18-5-3-2-4-6-18;/h2-8,10-15H,9,16H2,1H3,(H,22,24);1H/b23-14+;. The number of ether oxygens (including phenoxy) is 2. The highest BCUT2D eigenvalue weighted by Crippen LogP contribution is 2.28. The summed E-state index contributed by atoms with van der Waals surface area (Å²) in [6.07, 6.45) is 5.95. The highest BCUT2D eigenvalue weighted by Gasteiger charge is 2.06. The van der Waals surface area contributed by atoms with Crippen molar-refractivity contribution in [1.29, 1.82) is 0 Å². The molecule has 0 radical (unpaired) electrons. The van der Waals surface area contributed by atoms with Crippen LogP contribution in [0.15, 0.2) is 78.2 Å². The van der Waals surface area contributed by atoms with E-state index in [2.05, 4.69) is 15.5 Å². The van der Waals surface area contributed by atoms with E-state index in [1.807, 2.05) is 66.9 Å². The summed E-state index contributed by atoms with van der Waals surface area (Å²) in [5.74, 6) is 1.45. The molecule has 3 rings (SSSR count). The third kappa shape index (κ3) is 6.31. The number of pyridine rings is 1. The maximum Gasteiger partial charge on any atom is 0.161 e. The Bertz CT molecular complexity index is 843. The molecule has 1 N–H and O–H groups in total. The summed E-state index contributed by atoms with van der Waals surface area (Å²) < 4.78 is 11.3. The fraction of sp³-hybridized carbons (Fsp3) is 0.143. The van der Waals surface area contributed by atoms with E-state index < -0.39 is 0 Å². The van der Waals surface area contributed by atoms with E-state index in [1.54, 1.807) is 19.5 Å². The van der Waals surface area contributed by atoms with Gasteiger partial charge in [-0.3, -0.25) is 10.4 Å². The van der Waals surface area contributed by atoms with Crippen molar-refractivity contribution in [2.24, 2.45) is 5.10 Å². The highest BCUT2D eigenvalue weighted by molar-refractivity contribution is 5.85. The fourth-order valence-electron chi connectivity index (χ4n) is 2.39. The van der Waals surface area contributed by atoms with Crippen molar-refractivity contribution in [2.75, 3.05) is 12.5 Å². The number of aromatic nitrogens is 1. The monoisotopic (exact) mass is 383 g/mol. The van der Waals surface area contributed by atoms with Crippen LogP contribution < -0.4 is 14.9 Å². The van der Waals surface area contributed by atoms with Crippen LogP contribution in [0.4, 0.5) is 5.69 Å². The Labute approximate surface area is 165 Å². The normalized spacial score (nSPS) is 10.3. The molecular weight excluding hydrogens is 362 g/mol. The van der Waals surface area contributed by atoms with E-state index in [0.717, 1.165) is 22.6 Å². The van der Waals surface area contributed by atoms with Crippen LogP contribution in [0, 0.1) is 0 Å². The molecule has 0 unspecified atom stereocenters. The van der Waals surface area contributed by atoms with Crippen molar-refractivity contribution in [3.05, 3.63) is 84.2 Å². The maximum atomic E-state index is 5.88. The highest BCUT2D eigenvalue weighted by atomic mass is 35.5. The van der Waals surface area contributed by atoms with Crippen molar-refractivity contribution < 1.29 is 9.47 Å². The molecule has 0 aliphatic carbocycles. The minimum Gasteiger partial charge on any atom is -0.493 e. The van der Waals surface area contributed by atoms with Crippen LogP contribution in [0.2, 0.25) is 0 Å². The van der Waals surface area contributed by atoms with Crippen LogP contribution in [0.5, 0.6) is 11.5 Å². The third-order valence-electron chi connectivity index (χ3n) is 3.76. The van der Waals surface area contributed by atoms with Crippen LogP contribution in [-0.2, 0) is 13.0 Å². The van der Waals surface area contributed by atoms with Crippen molar-refractivity contribution in [2.45, 2.75) is 13.0 Å². The summed E-state index contributed by atoms with van der Waals surface area (Å²) in [4.78, 5) is 3.97. The first kappa shape index (κ1) is 20.3. The van der Waals surface area contributed by atoms with Crippen LogP contribution >= 0.6 is 12.4 Å². The number of nitrogens with zero attached hydrogens (tertiary/aromatic N) is 2. The summed E-state index contributed by atoms with van der Waals surface area (Å²) in [6, 6.07) is 19.7. The lowest BCUT2D eigenvalue weighted by Gasteiger charge is -2.12. The quantitative estimate of drug-likeness (QED) is 0.451. The van der Waals surface area contributed by atoms with Gasteiger partial charge >= 0.3 is 0 Å². The van der Waals surface area contributed by atoms with E-state index in [4.69, 9.17) is 9.47 Å². The lowest BCUT2D eigenvalue weighted by Crippen LogP contribution is -1.99. The van der Waals surface area contributed by atoms with E-state index >= 15 is 0 Å². The smallest absolute Gasteiger partial charge is 0.161 e. The lowest BCUT2D eigenvalue weighted by atomic mass is 10.1. The van der Waals surface area contributed by atoms with E-state index in [1.165, 1.54) is 0 Å². The molecule has 27 heavy (non-hydrogen) atoms. The Kier molecular flexibility index (Phi) is 8.13. The number of methoxy groups -OCH3 is 1. The molecule has 3 aromatic rings. The van der Waals surface area contributed by atoms with Gasteiger partial charge in [0.05, 0.1) is 12.8 Å². The largest absolute Gasteiger partial charge is 0.493 e. The van der Waals surface area contributed by atoms with Crippen LogP contribution in [-0.4, -0.2) is 18.3 Å². The number of hydrogen-bond acceptors (Lipinski definition) is 5. The molecule has 1 aromatic heterocycles. The van der Waals surface area contributed by atoms with Gasteiger partial charge in [-0.15, -0.1) is 12.4 Å². The lowest BCUT2D eigenvalue weighted by molar-refractivity contribution is 0.284. The molecule has 140 valence electrons. The Morgan fingerprint density at radius 3 is 2.48 bits per heavy atom. The summed E-state index contributed by atoms with van der Waals surface area (Å²) in [6.45, 7) is 0.508. The van der Waals surface area contributed by atoms with E-state index in [-0.39, 0.29) is 12.4 Å². The van der Waals surface area contributed by atoms with Gasteiger partial charge in [0.2, 0.25) is 0 Å². The van der Waals surface area contributed by atoms with Crippen molar-refractivity contribution in [3.63, 3.8) is 0 Å². The topological polar surface area (TPSA) is 55.7 Å². The number of hydrogen-bond donors (Lipinski definition) is 1. The predicted molar refractivity (Wildman–Crippen MR) is 111 cm³/mol. The second-order valence-electron chi connectivity index (χ2n) is 5.62. The van der Waals surface area contributed by atoms with Crippen LogP contribution in [0.25, 0.3) is 0 Å². The van der Waals surface area contributed by atoms with Crippen LogP contribution in [0.1, 0.15) is 11.1 Å². The summed E-state index contributed by atoms with van der Waals surface area (Å²) in [5, 5.41) is 4.22. The molecule has 1 heterocycles. The van der Waals surface area contributed by atoms with Gasteiger partial charge in [-0.1, -0.05) is 36.4 Å². The zero-order chi connectivity index (χ0) is 18.0. The van der Waals surface area contributed by atoms with Gasteiger partial charge in [0, 0.05) is 25.0 Å². The Morgan fingerprint density at radius 2 is 1.74 bits per heavy atom. The molecule has 0 aliphatic rings. The summed E-state index contributed by atoms with van der Waals surface area (Å²) in [7, 11) is 1.65. The molecule has 0 aliphatic heterocycles. The molecule has 0 fully saturated rings. The predicted octanol–water partition coefficient (Wildman–Crippen LogP) is 4.73. The fourth-order valence-corrected chi connectivity index (χ4v) is 2.39. The van der Waals surface area contributed by atoms with Gasteiger partial charge in [-0.25, -0.2) is 0 Å². The SMILES string of the molecule is COc1cc(C/C=N/Nc2ccncc2)ccc1OCc1ccccc1.Cl. The minimum atomic E-state index is 0. The van der Waals surface area contributed by atoms with Gasteiger partial charge in [0.15, 0.2) is 11.5 Å². The van der Waals surface area contributed by atoms with Gasteiger partial charge < -0.3 is 9.47 Å². The first-order chi connectivity index (χ1) is 12.8. The molecule has 0 atom stereocenters.